The lowest BCUT2D eigenvalue weighted by Gasteiger charge is -2.02. The number of carbonyl (C=O) groups is 1. The molecule has 76 valence electrons. The Morgan fingerprint density at radius 2 is 2.07 bits per heavy atom. The average molecular weight is 215 g/mol. The van der Waals surface area contributed by atoms with Gasteiger partial charge in [0.25, 0.3) is 5.91 Å². The summed E-state index contributed by atoms with van der Waals surface area (Å²) in [5, 5.41) is 9.03. The molecule has 14 heavy (non-hydrogen) atoms. The van der Waals surface area contributed by atoms with Crippen LogP contribution < -0.4 is 4.72 Å². The Labute approximate surface area is 81.4 Å². The molecule has 6 heteroatoms. The summed E-state index contributed by atoms with van der Waals surface area (Å²) < 4.78 is 23.2. The van der Waals surface area contributed by atoms with E-state index >= 15 is 0 Å². The SMILES string of the molecule is CS(=O)(=O)NC(=O)c1cccc(O)c1. The van der Waals surface area contributed by atoms with Crippen molar-refractivity contribution in [2.24, 2.45) is 0 Å². The molecule has 0 heterocycles. The second-order valence-corrected chi connectivity index (χ2v) is 4.50. The van der Waals surface area contributed by atoms with E-state index in [9.17, 15) is 13.2 Å². The minimum absolute atomic E-state index is 0.0915. The normalized spacial score (nSPS) is 10.9. The summed E-state index contributed by atoms with van der Waals surface area (Å²) in [6, 6.07) is 5.42. The number of phenols is 1. The van der Waals surface area contributed by atoms with Gasteiger partial charge in [-0.3, -0.25) is 4.79 Å². The number of aromatic hydroxyl groups is 1. The summed E-state index contributed by atoms with van der Waals surface area (Å²) >= 11 is 0. The highest BCUT2D eigenvalue weighted by Crippen LogP contribution is 2.10. The van der Waals surface area contributed by atoms with E-state index in [2.05, 4.69) is 0 Å². The summed E-state index contributed by atoms with van der Waals surface area (Å²) in [6.45, 7) is 0. The molecule has 5 nitrogen and oxygen atoms in total. The Kier molecular flexibility index (Phi) is 2.76. The maximum Gasteiger partial charge on any atom is 0.264 e. The maximum absolute atomic E-state index is 11.2. The van der Waals surface area contributed by atoms with E-state index in [0.717, 1.165) is 6.26 Å². The molecular weight excluding hydrogens is 206 g/mol. The van der Waals surface area contributed by atoms with Crippen molar-refractivity contribution in [2.45, 2.75) is 0 Å². The van der Waals surface area contributed by atoms with Crippen molar-refractivity contribution in [1.29, 1.82) is 0 Å². The number of benzene rings is 1. The fourth-order valence-electron chi connectivity index (χ4n) is 0.874. The number of nitrogens with one attached hydrogen (secondary N) is 1. The third-order valence-corrected chi connectivity index (χ3v) is 1.94. The molecule has 0 aromatic heterocycles. The van der Waals surface area contributed by atoms with Gasteiger partial charge in [-0.25, -0.2) is 13.1 Å². The van der Waals surface area contributed by atoms with Crippen LogP contribution in [0.2, 0.25) is 0 Å². The lowest BCUT2D eigenvalue weighted by Crippen LogP contribution is -2.29. The van der Waals surface area contributed by atoms with Gasteiger partial charge in [0.1, 0.15) is 5.75 Å². The third-order valence-electron chi connectivity index (χ3n) is 1.39. The van der Waals surface area contributed by atoms with E-state index in [1.54, 1.807) is 4.72 Å². The van der Waals surface area contributed by atoms with Crippen LogP contribution in [0.1, 0.15) is 10.4 Å². The first-order valence-electron chi connectivity index (χ1n) is 3.69. The second-order valence-electron chi connectivity index (χ2n) is 2.75. The van der Waals surface area contributed by atoms with E-state index < -0.39 is 15.9 Å². The Morgan fingerprint density at radius 3 is 2.57 bits per heavy atom. The van der Waals surface area contributed by atoms with Crippen LogP contribution in [0.3, 0.4) is 0 Å². The summed E-state index contributed by atoms with van der Waals surface area (Å²) in [4.78, 5) is 11.2. The van der Waals surface area contributed by atoms with Crippen LogP contribution in [0.25, 0.3) is 0 Å². The number of sulfonamides is 1. The van der Waals surface area contributed by atoms with Crippen LogP contribution >= 0.6 is 0 Å². The van der Waals surface area contributed by atoms with E-state index in [4.69, 9.17) is 5.11 Å². The predicted octanol–water partition coefficient (Wildman–Crippen LogP) is 0.0816. The van der Waals surface area contributed by atoms with E-state index in [1.165, 1.54) is 24.3 Å². The summed E-state index contributed by atoms with van der Waals surface area (Å²) in [6.07, 6.45) is 0.883. The molecule has 0 aliphatic rings. The second kappa shape index (κ2) is 3.67. The highest BCUT2D eigenvalue weighted by atomic mass is 32.2. The van der Waals surface area contributed by atoms with Crippen molar-refractivity contribution in [3.8, 4) is 5.75 Å². The van der Waals surface area contributed by atoms with Gasteiger partial charge in [-0.1, -0.05) is 6.07 Å². The molecular formula is C8H9NO4S. The third kappa shape index (κ3) is 3.06. The predicted molar refractivity (Wildman–Crippen MR) is 50.4 cm³/mol. The molecule has 0 aliphatic heterocycles. The summed E-state index contributed by atoms with van der Waals surface area (Å²) in [5.41, 5.74) is 0.0930. The Balaban J connectivity index is 2.91. The van der Waals surface area contributed by atoms with Crippen LogP contribution in [0.5, 0.6) is 5.75 Å². The van der Waals surface area contributed by atoms with Crippen molar-refractivity contribution >= 4 is 15.9 Å². The van der Waals surface area contributed by atoms with E-state index in [1.807, 2.05) is 0 Å². The standard InChI is InChI=1S/C8H9NO4S/c1-14(12,13)9-8(11)6-3-2-4-7(10)5-6/h2-5,10H,1H3,(H,9,11). The monoisotopic (exact) mass is 215 g/mol. The largest absolute Gasteiger partial charge is 0.508 e. The average Bonchev–Trinajstić information content (AvgIpc) is 2.01. The van der Waals surface area contributed by atoms with Crippen molar-refractivity contribution in [2.75, 3.05) is 6.26 Å². The summed E-state index contributed by atoms with van der Waals surface area (Å²) in [7, 11) is -3.57. The van der Waals surface area contributed by atoms with Gasteiger partial charge in [-0.2, -0.15) is 0 Å². The fraction of sp³-hybridized carbons (Fsp3) is 0.125. The number of hydrogen-bond acceptors (Lipinski definition) is 4. The molecule has 2 N–H and O–H groups in total. The first kappa shape index (κ1) is 10.5. The molecule has 1 aromatic carbocycles. The van der Waals surface area contributed by atoms with Crippen LogP contribution in [0.15, 0.2) is 24.3 Å². The molecule has 1 rings (SSSR count). The highest BCUT2D eigenvalue weighted by molar-refractivity contribution is 7.89. The zero-order valence-corrected chi connectivity index (χ0v) is 8.21. The quantitative estimate of drug-likeness (QED) is 0.731. The van der Waals surface area contributed by atoms with Crippen LogP contribution in [0, 0.1) is 0 Å². The maximum atomic E-state index is 11.2. The number of hydrogen-bond donors (Lipinski definition) is 2. The molecule has 1 aromatic rings. The fourth-order valence-corrected chi connectivity index (χ4v) is 1.33. The van der Waals surface area contributed by atoms with Gasteiger partial charge in [-0.05, 0) is 18.2 Å². The smallest absolute Gasteiger partial charge is 0.264 e. The van der Waals surface area contributed by atoms with E-state index in [-0.39, 0.29) is 11.3 Å². The zero-order chi connectivity index (χ0) is 10.8. The molecule has 0 spiro atoms. The van der Waals surface area contributed by atoms with Gasteiger partial charge >= 0.3 is 0 Å². The first-order valence-corrected chi connectivity index (χ1v) is 5.59. The minimum Gasteiger partial charge on any atom is -0.508 e. The number of phenolic OH excluding ortho intramolecular Hbond substituents is 1. The summed E-state index contributed by atoms with van der Waals surface area (Å²) in [5.74, 6) is -0.852. The molecule has 0 unspecified atom stereocenters. The zero-order valence-electron chi connectivity index (χ0n) is 7.39. The number of rotatable bonds is 2. The molecule has 0 bridgehead atoms. The van der Waals surface area contributed by atoms with Gasteiger partial charge in [-0.15, -0.1) is 0 Å². The van der Waals surface area contributed by atoms with Crippen molar-refractivity contribution in [3.05, 3.63) is 29.8 Å². The molecule has 0 saturated carbocycles. The van der Waals surface area contributed by atoms with Gasteiger partial charge in [0.15, 0.2) is 0 Å². The molecule has 0 saturated heterocycles. The Hall–Kier alpha value is -1.56. The lowest BCUT2D eigenvalue weighted by molar-refractivity contribution is 0.0981. The Bertz CT molecular complexity index is 452. The van der Waals surface area contributed by atoms with Gasteiger partial charge in [0.2, 0.25) is 10.0 Å². The van der Waals surface area contributed by atoms with Crippen molar-refractivity contribution < 1.29 is 18.3 Å². The van der Waals surface area contributed by atoms with Gasteiger partial charge < -0.3 is 5.11 Å². The van der Waals surface area contributed by atoms with Gasteiger partial charge in [0.05, 0.1) is 6.26 Å². The molecule has 0 radical (unpaired) electrons. The number of carbonyl (C=O) groups excluding carboxylic acids is 1. The van der Waals surface area contributed by atoms with Crippen LogP contribution in [-0.2, 0) is 10.0 Å². The topological polar surface area (TPSA) is 83.5 Å². The molecule has 0 fully saturated rings. The lowest BCUT2D eigenvalue weighted by atomic mass is 10.2. The van der Waals surface area contributed by atoms with Crippen molar-refractivity contribution in [3.63, 3.8) is 0 Å². The molecule has 1 amide bonds. The van der Waals surface area contributed by atoms with Gasteiger partial charge in [0, 0.05) is 5.56 Å². The van der Waals surface area contributed by atoms with Crippen LogP contribution in [0.4, 0.5) is 0 Å². The van der Waals surface area contributed by atoms with E-state index in [0.29, 0.717) is 0 Å². The first-order chi connectivity index (χ1) is 6.38. The number of amides is 1. The van der Waals surface area contributed by atoms with Crippen LogP contribution in [-0.4, -0.2) is 25.7 Å². The minimum atomic E-state index is -3.57. The molecule has 0 atom stereocenters. The van der Waals surface area contributed by atoms with Crippen molar-refractivity contribution in [1.82, 2.24) is 4.72 Å². The Morgan fingerprint density at radius 1 is 1.43 bits per heavy atom. The molecule has 0 aliphatic carbocycles. The highest BCUT2D eigenvalue weighted by Gasteiger charge is 2.10.